The van der Waals surface area contributed by atoms with Gasteiger partial charge in [0, 0.05) is 0 Å². The molecule has 0 saturated heterocycles. The minimum Gasteiger partial charge on any atom is -0.492 e. The van der Waals surface area contributed by atoms with E-state index in [1.807, 2.05) is 39.8 Å². The van der Waals surface area contributed by atoms with Crippen LogP contribution in [0.4, 0.5) is 0 Å². The summed E-state index contributed by atoms with van der Waals surface area (Å²) < 4.78 is 5.67. The van der Waals surface area contributed by atoms with Crippen molar-refractivity contribution in [1.29, 1.82) is 0 Å². The van der Waals surface area contributed by atoms with Crippen molar-refractivity contribution in [3.8, 4) is 5.75 Å². The van der Waals surface area contributed by atoms with Crippen molar-refractivity contribution >= 4 is 5.78 Å². The number of rotatable bonds is 0. The average Bonchev–Trinajstić information content (AvgIpc) is 2.12. The van der Waals surface area contributed by atoms with Gasteiger partial charge in [0.2, 0.25) is 0 Å². The average molecular weight is 204 g/mol. The van der Waals surface area contributed by atoms with Crippen molar-refractivity contribution in [2.24, 2.45) is 5.41 Å². The molecular formula is C13H16O2. The number of aryl methyl sites for hydroxylation is 2. The molecule has 0 atom stereocenters. The molecule has 2 nitrogen and oxygen atoms in total. The summed E-state index contributed by atoms with van der Waals surface area (Å²) >= 11 is 0. The van der Waals surface area contributed by atoms with Crippen LogP contribution in [0.5, 0.6) is 5.75 Å². The van der Waals surface area contributed by atoms with Gasteiger partial charge in [-0.25, -0.2) is 0 Å². The second-order valence-electron chi connectivity index (χ2n) is 4.96. The molecule has 0 amide bonds. The lowest BCUT2D eigenvalue weighted by Gasteiger charge is -2.31. The van der Waals surface area contributed by atoms with Crippen molar-refractivity contribution in [2.75, 3.05) is 6.61 Å². The highest BCUT2D eigenvalue weighted by atomic mass is 16.5. The predicted octanol–water partition coefficient (Wildman–Crippen LogP) is 2.90. The molecule has 0 N–H and O–H groups in total. The molecule has 0 aliphatic carbocycles. The molecule has 0 fully saturated rings. The van der Waals surface area contributed by atoms with Gasteiger partial charge < -0.3 is 4.74 Å². The molecule has 0 radical (unpaired) electrons. The highest BCUT2D eigenvalue weighted by molar-refractivity contribution is 6.03. The van der Waals surface area contributed by atoms with Crippen LogP contribution >= 0.6 is 0 Å². The van der Waals surface area contributed by atoms with Gasteiger partial charge in [0.25, 0.3) is 0 Å². The van der Waals surface area contributed by atoms with Gasteiger partial charge in [0.05, 0.1) is 11.0 Å². The predicted molar refractivity (Wildman–Crippen MR) is 59.5 cm³/mol. The monoisotopic (exact) mass is 204 g/mol. The summed E-state index contributed by atoms with van der Waals surface area (Å²) in [5.41, 5.74) is 2.51. The number of Topliss-reactive ketones (excluding diaryl/α,β-unsaturated/α-hetero) is 1. The van der Waals surface area contributed by atoms with Gasteiger partial charge in [0.1, 0.15) is 12.4 Å². The molecule has 0 unspecified atom stereocenters. The Morgan fingerprint density at radius 1 is 1.27 bits per heavy atom. The third-order valence-electron chi connectivity index (χ3n) is 2.86. The minimum absolute atomic E-state index is 0.190. The van der Waals surface area contributed by atoms with E-state index < -0.39 is 5.41 Å². The van der Waals surface area contributed by atoms with E-state index in [-0.39, 0.29) is 5.78 Å². The van der Waals surface area contributed by atoms with Gasteiger partial charge in [-0.3, -0.25) is 4.79 Å². The van der Waals surface area contributed by atoms with Crippen molar-refractivity contribution in [3.63, 3.8) is 0 Å². The molecule has 1 aromatic rings. The molecule has 80 valence electrons. The second kappa shape index (κ2) is 3.09. The molecule has 0 spiro atoms. The minimum atomic E-state index is -0.396. The van der Waals surface area contributed by atoms with E-state index >= 15 is 0 Å². The van der Waals surface area contributed by atoms with Gasteiger partial charge in [-0.15, -0.1) is 0 Å². The van der Waals surface area contributed by atoms with Gasteiger partial charge in [-0.05, 0) is 44.9 Å². The van der Waals surface area contributed by atoms with Crippen molar-refractivity contribution < 1.29 is 9.53 Å². The number of fused-ring (bicyclic) bond motifs is 1. The molecule has 1 heterocycles. The molecule has 2 rings (SSSR count). The van der Waals surface area contributed by atoms with E-state index in [2.05, 4.69) is 0 Å². The van der Waals surface area contributed by atoms with E-state index in [4.69, 9.17) is 4.74 Å². The Bertz CT molecular complexity index is 430. The van der Waals surface area contributed by atoms with Crippen LogP contribution in [-0.4, -0.2) is 12.4 Å². The quantitative estimate of drug-likeness (QED) is 0.649. The lowest BCUT2D eigenvalue weighted by Crippen LogP contribution is -2.36. The summed E-state index contributed by atoms with van der Waals surface area (Å²) in [6, 6.07) is 3.97. The van der Waals surface area contributed by atoms with E-state index in [0.29, 0.717) is 6.61 Å². The molecule has 15 heavy (non-hydrogen) atoms. The Labute approximate surface area is 90.3 Å². The van der Waals surface area contributed by atoms with Crippen LogP contribution < -0.4 is 4.74 Å². The van der Waals surface area contributed by atoms with E-state index in [1.165, 1.54) is 0 Å². The van der Waals surface area contributed by atoms with Gasteiger partial charge in [-0.1, -0.05) is 6.07 Å². The molecular weight excluding hydrogens is 188 g/mol. The first kappa shape index (κ1) is 10.2. The number of benzene rings is 1. The zero-order chi connectivity index (χ0) is 11.2. The van der Waals surface area contributed by atoms with E-state index in [0.717, 1.165) is 22.4 Å². The second-order valence-corrected chi connectivity index (χ2v) is 4.96. The fourth-order valence-electron chi connectivity index (χ4n) is 2.00. The first-order valence-corrected chi connectivity index (χ1v) is 5.21. The van der Waals surface area contributed by atoms with Crippen LogP contribution in [0.3, 0.4) is 0 Å². The highest BCUT2D eigenvalue weighted by Gasteiger charge is 2.36. The van der Waals surface area contributed by atoms with Crippen molar-refractivity contribution in [2.45, 2.75) is 27.7 Å². The van der Waals surface area contributed by atoms with Crippen molar-refractivity contribution in [3.05, 3.63) is 28.8 Å². The molecule has 1 aliphatic rings. The summed E-state index contributed by atoms with van der Waals surface area (Å²) in [5, 5.41) is 0. The Kier molecular flexibility index (Phi) is 2.10. The summed E-state index contributed by atoms with van der Waals surface area (Å²) in [4.78, 5) is 12.2. The summed E-state index contributed by atoms with van der Waals surface area (Å²) in [5.74, 6) is 0.959. The lowest BCUT2D eigenvalue weighted by atomic mass is 9.82. The van der Waals surface area contributed by atoms with E-state index in [1.54, 1.807) is 0 Å². The van der Waals surface area contributed by atoms with Crippen LogP contribution in [0.15, 0.2) is 12.1 Å². The smallest absolute Gasteiger partial charge is 0.175 e. The Hall–Kier alpha value is -1.31. The fraction of sp³-hybridized carbons (Fsp3) is 0.462. The fourth-order valence-corrected chi connectivity index (χ4v) is 2.00. The van der Waals surface area contributed by atoms with Crippen LogP contribution in [0.25, 0.3) is 0 Å². The molecule has 1 aliphatic heterocycles. The number of ether oxygens (including phenoxy) is 1. The summed E-state index contributed by atoms with van der Waals surface area (Å²) in [6.45, 7) is 8.31. The molecule has 0 bridgehead atoms. The van der Waals surface area contributed by atoms with Gasteiger partial charge in [-0.2, -0.15) is 0 Å². The third kappa shape index (κ3) is 1.54. The molecule has 0 aromatic heterocycles. The summed E-state index contributed by atoms with van der Waals surface area (Å²) in [6.07, 6.45) is 0. The van der Waals surface area contributed by atoms with Crippen LogP contribution in [-0.2, 0) is 0 Å². The first-order valence-electron chi connectivity index (χ1n) is 5.21. The number of hydrogen-bond donors (Lipinski definition) is 0. The van der Waals surface area contributed by atoms with Crippen LogP contribution in [0.2, 0.25) is 0 Å². The molecule has 0 saturated carbocycles. The van der Waals surface area contributed by atoms with Crippen LogP contribution in [0.1, 0.15) is 35.3 Å². The number of carbonyl (C=O) groups is 1. The van der Waals surface area contributed by atoms with Crippen LogP contribution in [0, 0.1) is 19.3 Å². The zero-order valence-corrected chi connectivity index (χ0v) is 9.68. The van der Waals surface area contributed by atoms with Gasteiger partial charge >= 0.3 is 0 Å². The number of carbonyl (C=O) groups excluding carboxylic acids is 1. The topological polar surface area (TPSA) is 26.3 Å². The third-order valence-corrected chi connectivity index (χ3v) is 2.86. The molecule has 1 aromatic carbocycles. The maximum Gasteiger partial charge on any atom is 0.175 e. The maximum absolute atomic E-state index is 12.2. The summed E-state index contributed by atoms with van der Waals surface area (Å²) in [7, 11) is 0. The molecule has 2 heteroatoms. The van der Waals surface area contributed by atoms with Crippen molar-refractivity contribution in [1.82, 2.24) is 0 Å². The van der Waals surface area contributed by atoms with Gasteiger partial charge in [0.15, 0.2) is 5.78 Å². The largest absolute Gasteiger partial charge is 0.492 e. The highest BCUT2D eigenvalue weighted by Crippen LogP contribution is 2.36. The lowest BCUT2D eigenvalue weighted by molar-refractivity contribution is 0.0690. The number of ketones is 1. The first-order chi connectivity index (χ1) is 6.92. The zero-order valence-electron chi connectivity index (χ0n) is 9.68. The Morgan fingerprint density at radius 3 is 2.60 bits per heavy atom. The maximum atomic E-state index is 12.2. The Balaban J connectivity index is 2.62. The standard InChI is InChI=1S/C13H16O2/c1-8-5-9(2)11-10(6-8)12(14)13(3,4)7-15-11/h5-6H,7H2,1-4H3. The Morgan fingerprint density at radius 2 is 1.93 bits per heavy atom. The van der Waals surface area contributed by atoms with E-state index in [9.17, 15) is 4.79 Å². The SMILES string of the molecule is Cc1cc(C)c2c(c1)C(=O)C(C)(C)CO2. The normalized spacial score (nSPS) is 18.3. The number of hydrogen-bond acceptors (Lipinski definition) is 2.